The Morgan fingerprint density at radius 2 is 1.75 bits per heavy atom. The number of hydrogen-bond acceptors (Lipinski definition) is 1. The first-order valence-electron chi connectivity index (χ1n) is 7.86. The fourth-order valence-corrected chi connectivity index (χ4v) is 2.68. The number of nitrogens with zero attached hydrogens (tertiary/aromatic N) is 2. The molecule has 0 fully saturated rings. The van der Waals surface area contributed by atoms with Crippen LogP contribution < -0.4 is 0 Å². The molecule has 20 heavy (non-hydrogen) atoms. The molecule has 1 aromatic rings. The fourth-order valence-electron chi connectivity index (χ4n) is 2.68. The van der Waals surface area contributed by atoms with Gasteiger partial charge in [0, 0.05) is 6.20 Å². The maximum atomic E-state index is 12.7. The van der Waals surface area contributed by atoms with Crippen molar-refractivity contribution in [2.45, 2.75) is 84.1 Å². The van der Waals surface area contributed by atoms with Gasteiger partial charge in [-0.1, -0.05) is 59.3 Å². The molecule has 0 aromatic carbocycles. The zero-order valence-corrected chi connectivity index (χ0v) is 13.0. The minimum absolute atomic E-state index is 0.0170. The van der Waals surface area contributed by atoms with Crippen molar-refractivity contribution in [2.75, 3.05) is 0 Å². The molecule has 1 atom stereocenters. The van der Waals surface area contributed by atoms with Crippen molar-refractivity contribution >= 4 is 0 Å². The third kappa shape index (κ3) is 4.88. The van der Waals surface area contributed by atoms with Crippen LogP contribution in [0.25, 0.3) is 0 Å². The Balaban J connectivity index is 2.74. The minimum Gasteiger partial charge on any atom is -0.211 e. The van der Waals surface area contributed by atoms with E-state index in [2.05, 4.69) is 25.9 Å². The van der Waals surface area contributed by atoms with Crippen molar-refractivity contribution in [2.24, 2.45) is 0 Å². The molecular formula is C16H28F2N2. The zero-order chi connectivity index (χ0) is 15.0. The molecule has 1 heterocycles. The SMILES string of the molecule is CCCCCCC(C)(CCCC)c1cnn(C(F)F)c1. The second kappa shape index (κ2) is 8.38. The van der Waals surface area contributed by atoms with Crippen molar-refractivity contribution in [3.8, 4) is 0 Å². The van der Waals surface area contributed by atoms with E-state index in [9.17, 15) is 8.78 Å². The molecule has 1 rings (SSSR count). The summed E-state index contributed by atoms with van der Waals surface area (Å²) in [6.07, 6.45) is 12.4. The van der Waals surface area contributed by atoms with Gasteiger partial charge in [-0.15, -0.1) is 0 Å². The average Bonchev–Trinajstić information content (AvgIpc) is 2.92. The van der Waals surface area contributed by atoms with Crippen LogP contribution in [-0.2, 0) is 5.41 Å². The summed E-state index contributed by atoms with van der Waals surface area (Å²) >= 11 is 0. The van der Waals surface area contributed by atoms with Crippen LogP contribution in [-0.4, -0.2) is 9.78 Å². The third-order valence-electron chi connectivity index (χ3n) is 4.16. The molecule has 4 heteroatoms. The van der Waals surface area contributed by atoms with Gasteiger partial charge in [-0.3, -0.25) is 0 Å². The summed E-state index contributed by atoms with van der Waals surface area (Å²) in [4.78, 5) is 0. The molecule has 0 spiro atoms. The fraction of sp³-hybridized carbons (Fsp3) is 0.812. The van der Waals surface area contributed by atoms with Gasteiger partial charge in [0.2, 0.25) is 0 Å². The number of aromatic nitrogens is 2. The Hall–Kier alpha value is -0.930. The Labute approximate surface area is 121 Å². The van der Waals surface area contributed by atoms with Gasteiger partial charge in [0.1, 0.15) is 0 Å². The van der Waals surface area contributed by atoms with Crippen LogP contribution in [0, 0.1) is 0 Å². The maximum absolute atomic E-state index is 12.7. The quantitative estimate of drug-likeness (QED) is 0.505. The summed E-state index contributed by atoms with van der Waals surface area (Å²) in [6.45, 7) is 4.02. The molecule has 0 aliphatic rings. The van der Waals surface area contributed by atoms with Crippen LogP contribution in [0.1, 0.15) is 84.3 Å². The summed E-state index contributed by atoms with van der Waals surface area (Å²) < 4.78 is 26.1. The lowest BCUT2D eigenvalue weighted by atomic mass is 9.75. The van der Waals surface area contributed by atoms with Gasteiger partial charge in [0.15, 0.2) is 0 Å². The molecule has 0 saturated heterocycles. The first kappa shape index (κ1) is 17.1. The monoisotopic (exact) mass is 286 g/mol. The zero-order valence-electron chi connectivity index (χ0n) is 13.0. The molecular weight excluding hydrogens is 258 g/mol. The average molecular weight is 286 g/mol. The number of hydrogen-bond donors (Lipinski definition) is 0. The van der Waals surface area contributed by atoms with Crippen molar-refractivity contribution in [3.05, 3.63) is 18.0 Å². The van der Waals surface area contributed by atoms with Crippen LogP contribution in [0.2, 0.25) is 0 Å². The lowest BCUT2D eigenvalue weighted by Gasteiger charge is -2.29. The third-order valence-corrected chi connectivity index (χ3v) is 4.16. The number of rotatable bonds is 10. The van der Waals surface area contributed by atoms with Gasteiger partial charge in [0.05, 0.1) is 6.20 Å². The largest absolute Gasteiger partial charge is 0.333 e. The van der Waals surface area contributed by atoms with E-state index in [-0.39, 0.29) is 5.41 Å². The van der Waals surface area contributed by atoms with E-state index < -0.39 is 6.55 Å². The maximum Gasteiger partial charge on any atom is 0.333 e. The number of halogens is 2. The standard InChI is InChI=1S/C16H28F2N2/c1-4-6-8-9-11-16(3,10-7-5-2)14-12-19-20(13-14)15(17)18/h12-13,15H,4-11H2,1-3H3. The molecule has 0 amide bonds. The summed E-state index contributed by atoms with van der Waals surface area (Å²) in [6, 6.07) is 0. The van der Waals surface area contributed by atoms with Crippen LogP contribution in [0.3, 0.4) is 0 Å². The highest BCUT2D eigenvalue weighted by Crippen LogP contribution is 2.35. The van der Waals surface area contributed by atoms with Crippen LogP contribution >= 0.6 is 0 Å². The smallest absolute Gasteiger partial charge is 0.211 e. The minimum atomic E-state index is -2.54. The Kier molecular flexibility index (Phi) is 7.17. The Morgan fingerprint density at radius 1 is 1.10 bits per heavy atom. The molecule has 0 N–H and O–H groups in total. The van der Waals surface area contributed by atoms with Crippen molar-refractivity contribution in [1.29, 1.82) is 0 Å². The highest BCUT2D eigenvalue weighted by molar-refractivity contribution is 5.18. The Morgan fingerprint density at radius 3 is 2.30 bits per heavy atom. The first-order chi connectivity index (χ1) is 9.53. The molecule has 2 nitrogen and oxygen atoms in total. The van der Waals surface area contributed by atoms with Gasteiger partial charge in [-0.05, 0) is 23.8 Å². The summed E-state index contributed by atoms with van der Waals surface area (Å²) in [5.41, 5.74) is 0.944. The van der Waals surface area contributed by atoms with Gasteiger partial charge in [-0.25, -0.2) is 4.68 Å². The molecule has 116 valence electrons. The second-order valence-electron chi connectivity index (χ2n) is 5.96. The van der Waals surface area contributed by atoms with E-state index in [1.54, 1.807) is 6.20 Å². The van der Waals surface area contributed by atoms with E-state index in [0.717, 1.165) is 42.3 Å². The second-order valence-corrected chi connectivity index (χ2v) is 5.96. The summed E-state index contributed by atoms with van der Waals surface area (Å²) in [5.74, 6) is 0. The molecule has 0 radical (unpaired) electrons. The number of alkyl halides is 2. The van der Waals surface area contributed by atoms with E-state index in [0.29, 0.717) is 0 Å². The lowest BCUT2D eigenvalue weighted by Crippen LogP contribution is -2.21. The highest BCUT2D eigenvalue weighted by atomic mass is 19.3. The van der Waals surface area contributed by atoms with Crippen molar-refractivity contribution < 1.29 is 8.78 Å². The highest BCUT2D eigenvalue weighted by Gasteiger charge is 2.27. The summed E-state index contributed by atoms with van der Waals surface area (Å²) in [5, 5.41) is 3.80. The number of unbranched alkanes of at least 4 members (excludes halogenated alkanes) is 4. The molecule has 1 aromatic heterocycles. The predicted molar refractivity (Wildman–Crippen MR) is 79.1 cm³/mol. The van der Waals surface area contributed by atoms with E-state index in [1.807, 2.05) is 0 Å². The van der Waals surface area contributed by atoms with Crippen LogP contribution in [0.15, 0.2) is 12.4 Å². The van der Waals surface area contributed by atoms with E-state index in [1.165, 1.54) is 25.5 Å². The normalized spacial score (nSPS) is 14.7. The van der Waals surface area contributed by atoms with Gasteiger partial charge in [0.25, 0.3) is 0 Å². The van der Waals surface area contributed by atoms with Gasteiger partial charge in [-0.2, -0.15) is 13.9 Å². The molecule has 0 saturated carbocycles. The topological polar surface area (TPSA) is 17.8 Å². The molecule has 0 aliphatic carbocycles. The molecule has 0 aliphatic heterocycles. The molecule has 1 unspecified atom stereocenters. The van der Waals surface area contributed by atoms with Crippen molar-refractivity contribution in [3.63, 3.8) is 0 Å². The van der Waals surface area contributed by atoms with Crippen molar-refractivity contribution in [1.82, 2.24) is 9.78 Å². The van der Waals surface area contributed by atoms with Gasteiger partial charge < -0.3 is 0 Å². The first-order valence-corrected chi connectivity index (χ1v) is 7.86. The van der Waals surface area contributed by atoms with E-state index in [4.69, 9.17) is 0 Å². The Bertz CT molecular complexity index is 376. The van der Waals surface area contributed by atoms with Gasteiger partial charge >= 0.3 is 6.55 Å². The van der Waals surface area contributed by atoms with E-state index >= 15 is 0 Å². The lowest BCUT2D eigenvalue weighted by molar-refractivity contribution is 0.0564. The predicted octanol–water partition coefficient (Wildman–Crippen LogP) is 5.70. The van der Waals surface area contributed by atoms with Crippen LogP contribution in [0.5, 0.6) is 0 Å². The van der Waals surface area contributed by atoms with Crippen LogP contribution in [0.4, 0.5) is 8.78 Å². The summed E-state index contributed by atoms with van der Waals surface area (Å²) in [7, 11) is 0. The molecule has 0 bridgehead atoms.